The van der Waals surface area contributed by atoms with Gasteiger partial charge in [0, 0.05) is 0 Å². The molecule has 16 heavy (non-hydrogen) atoms. The molecule has 1 rings (SSSR count). The van der Waals surface area contributed by atoms with E-state index < -0.39 is 22.0 Å². The molecule has 0 radical (unpaired) electrons. The van der Waals surface area contributed by atoms with Crippen molar-refractivity contribution in [2.75, 3.05) is 46.8 Å². The molecule has 0 amide bonds. The van der Waals surface area contributed by atoms with Gasteiger partial charge < -0.3 is 0 Å². The van der Waals surface area contributed by atoms with Crippen LogP contribution in [0.1, 0.15) is 26.7 Å². The van der Waals surface area contributed by atoms with Crippen LogP contribution < -0.4 is 0 Å². The van der Waals surface area contributed by atoms with E-state index in [0.29, 0.717) is 0 Å². The summed E-state index contributed by atoms with van der Waals surface area (Å²) < 4.78 is 7.22. The normalized spacial score (nSPS) is 18.9. The molecule has 0 aliphatic carbocycles. The van der Waals surface area contributed by atoms with Gasteiger partial charge in [-0.3, -0.25) is 0 Å². The Balaban J connectivity index is 2.26. The van der Waals surface area contributed by atoms with Crippen LogP contribution in [0.3, 0.4) is 0 Å². The van der Waals surface area contributed by atoms with Crippen molar-refractivity contribution in [3.05, 3.63) is 0 Å². The molecule has 0 aromatic heterocycles. The van der Waals surface area contributed by atoms with Crippen molar-refractivity contribution in [2.24, 2.45) is 0 Å². The fourth-order valence-corrected chi connectivity index (χ4v) is 12.7. The van der Waals surface area contributed by atoms with Crippen LogP contribution >= 0.6 is 0 Å². The van der Waals surface area contributed by atoms with Crippen LogP contribution in [-0.2, 0) is 0 Å². The van der Waals surface area contributed by atoms with Gasteiger partial charge in [-0.2, -0.15) is 0 Å². The molecule has 0 unspecified atom stereocenters. The average Bonchev–Trinajstić information content (AvgIpc) is 2.66. The van der Waals surface area contributed by atoms with Crippen LogP contribution in [0.5, 0.6) is 0 Å². The third-order valence-electron chi connectivity index (χ3n) is 3.65. The minimum atomic E-state index is -1.47. The van der Waals surface area contributed by atoms with E-state index in [0.717, 1.165) is 0 Å². The number of nitrogens with zero attached hydrogens (tertiary/aromatic N) is 3. The van der Waals surface area contributed by atoms with Crippen molar-refractivity contribution in [3.63, 3.8) is 0 Å². The Kier molecular flexibility index (Phi) is 7.37. The Morgan fingerprint density at radius 1 is 1.00 bits per heavy atom. The molecule has 1 aliphatic rings. The van der Waals surface area contributed by atoms with Crippen molar-refractivity contribution in [1.29, 1.82) is 0 Å². The number of likely N-dealkylation sites (N-methyl/N-ethyl adjacent to an activating group) is 2. The minimum absolute atomic E-state index is 1.26. The zero-order valence-electron chi connectivity index (χ0n) is 11.6. The number of rotatable bonds is 7. The van der Waals surface area contributed by atoms with Gasteiger partial charge >= 0.3 is 110 Å². The topological polar surface area (TPSA) is 9.72 Å². The van der Waals surface area contributed by atoms with Gasteiger partial charge in [0.2, 0.25) is 0 Å². The molecular weight excluding hydrogens is 301 g/mol. The first kappa shape index (κ1) is 14.8. The van der Waals surface area contributed by atoms with E-state index in [9.17, 15) is 0 Å². The van der Waals surface area contributed by atoms with E-state index in [1.165, 1.54) is 45.6 Å². The molecular formula is C12H28InN3. The van der Waals surface area contributed by atoms with Crippen molar-refractivity contribution < 1.29 is 0 Å². The predicted octanol–water partition coefficient (Wildman–Crippen LogP) is 1.47. The summed E-state index contributed by atoms with van der Waals surface area (Å²) in [7, 11) is 4.35. The number of unbranched alkanes of at least 4 members (excludes halogenated alkanes) is 1. The van der Waals surface area contributed by atoms with E-state index in [1.807, 2.05) is 0 Å². The SMILES string of the molecule is CC[N]1CC[N](CC)[In]1[CH2]CCCN(C)C. The Hall–Kier alpha value is 0.750. The predicted molar refractivity (Wildman–Crippen MR) is 72.8 cm³/mol. The summed E-state index contributed by atoms with van der Waals surface area (Å²) in [4.78, 5) is 2.30. The third kappa shape index (κ3) is 4.55. The monoisotopic (exact) mass is 329 g/mol. The first-order valence-corrected chi connectivity index (χ1v) is 12.1. The number of hydrogen-bond donors (Lipinski definition) is 0. The van der Waals surface area contributed by atoms with Gasteiger partial charge in [-0.05, 0) is 0 Å². The van der Waals surface area contributed by atoms with Crippen molar-refractivity contribution in [3.8, 4) is 0 Å². The van der Waals surface area contributed by atoms with Crippen LogP contribution in [0, 0.1) is 0 Å². The molecule has 1 aliphatic heterocycles. The summed E-state index contributed by atoms with van der Waals surface area (Å²) in [5.74, 6) is 0. The van der Waals surface area contributed by atoms with Gasteiger partial charge in [0.25, 0.3) is 0 Å². The van der Waals surface area contributed by atoms with Gasteiger partial charge in [0.05, 0.1) is 0 Å². The quantitative estimate of drug-likeness (QED) is 0.655. The van der Waals surface area contributed by atoms with Crippen molar-refractivity contribution >= 4 is 22.0 Å². The summed E-state index contributed by atoms with van der Waals surface area (Å²) in [6.45, 7) is 11.2. The van der Waals surface area contributed by atoms with Gasteiger partial charge in [-0.25, -0.2) is 0 Å². The second kappa shape index (κ2) is 7.96. The Bertz CT molecular complexity index is 175. The van der Waals surface area contributed by atoms with E-state index in [2.05, 4.69) is 38.6 Å². The second-order valence-corrected chi connectivity index (χ2v) is 13.6. The molecule has 4 heteroatoms. The summed E-state index contributed by atoms with van der Waals surface area (Å²) in [5, 5.41) is 0. The van der Waals surface area contributed by atoms with E-state index in [-0.39, 0.29) is 0 Å². The van der Waals surface area contributed by atoms with Gasteiger partial charge in [-0.15, -0.1) is 0 Å². The van der Waals surface area contributed by atoms with Gasteiger partial charge in [0.1, 0.15) is 0 Å². The van der Waals surface area contributed by atoms with Crippen LogP contribution in [0.15, 0.2) is 0 Å². The number of hydrogen-bond acceptors (Lipinski definition) is 3. The molecule has 1 heterocycles. The van der Waals surface area contributed by atoms with E-state index >= 15 is 0 Å². The summed E-state index contributed by atoms with van der Waals surface area (Å²) >= 11 is -1.47. The van der Waals surface area contributed by atoms with Crippen LogP contribution in [0.2, 0.25) is 4.18 Å². The molecule has 0 saturated carbocycles. The average molecular weight is 329 g/mol. The van der Waals surface area contributed by atoms with Crippen LogP contribution in [0.25, 0.3) is 0 Å². The molecule has 0 atom stereocenters. The Labute approximate surface area is 110 Å². The summed E-state index contributed by atoms with van der Waals surface area (Å²) in [6, 6.07) is 0. The third-order valence-corrected chi connectivity index (χ3v) is 14.7. The second-order valence-electron chi connectivity index (χ2n) is 5.04. The molecule has 94 valence electrons. The van der Waals surface area contributed by atoms with E-state index in [1.54, 1.807) is 4.18 Å². The fraction of sp³-hybridized carbons (Fsp3) is 1.00. The zero-order chi connectivity index (χ0) is 12.0. The summed E-state index contributed by atoms with van der Waals surface area (Å²) in [5.41, 5.74) is 0. The van der Waals surface area contributed by atoms with Crippen LogP contribution in [-0.4, -0.2) is 79.5 Å². The maximum absolute atomic E-state index is 2.83. The fourth-order valence-electron chi connectivity index (χ4n) is 2.64. The maximum atomic E-state index is 2.83. The van der Waals surface area contributed by atoms with E-state index in [4.69, 9.17) is 0 Å². The Morgan fingerprint density at radius 2 is 1.56 bits per heavy atom. The molecule has 3 nitrogen and oxygen atoms in total. The molecule has 0 N–H and O–H groups in total. The first-order chi connectivity index (χ1) is 7.69. The van der Waals surface area contributed by atoms with Crippen LogP contribution in [0.4, 0.5) is 0 Å². The van der Waals surface area contributed by atoms with Gasteiger partial charge in [0.15, 0.2) is 0 Å². The summed E-state index contributed by atoms with van der Waals surface area (Å²) in [6.07, 6.45) is 2.83. The molecule has 0 aromatic rings. The molecule has 0 spiro atoms. The standard InChI is InChI=1S/C6H14N2.C6H14N.In/c1-3-7-5-6-8-4-2;1-4-5-6-7(2)3;/h3-6H2,1-2H3;1,4-6H2,2-3H3;/q-2;;+2. The molecule has 0 aromatic carbocycles. The van der Waals surface area contributed by atoms with Crippen molar-refractivity contribution in [1.82, 2.24) is 10.7 Å². The Morgan fingerprint density at radius 3 is 2.00 bits per heavy atom. The van der Waals surface area contributed by atoms with Crippen molar-refractivity contribution in [2.45, 2.75) is 30.9 Å². The molecule has 0 bridgehead atoms. The zero-order valence-corrected chi connectivity index (χ0v) is 14.9. The first-order valence-electron chi connectivity index (χ1n) is 6.81. The molecule has 1 fully saturated rings. The van der Waals surface area contributed by atoms with Gasteiger partial charge in [-0.1, -0.05) is 0 Å². The molecule has 1 saturated heterocycles.